The van der Waals surface area contributed by atoms with E-state index in [9.17, 15) is 0 Å². The highest BCUT2D eigenvalue weighted by molar-refractivity contribution is 5.36. The number of benzene rings is 6. The third kappa shape index (κ3) is 15.3. The smallest absolute Gasteiger partial charge is 0.00668 e. The van der Waals surface area contributed by atoms with Crippen molar-refractivity contribution in [3.8, 4) is 0 Å². The highest BCUT2D eigenvalue weighted by atomic mass is 14.4. The zero-order valence-electron chi connectivity index (χ0n) is 31.1. The van der Waals surface area contributed by atoms with E-state index < -0.39 is 0 Å². The first kappa shape index (κ1) is 41.5. The van der Waals surface area contributed by atoms with E-state index in [1.807, 2.05) is 72.8 Å². The Morgan fingerprint density at radius 3 is 1.10 bits per heavy atom. The summed E-state index contributed by atoms with van der Waals surface area (Å²) in [6, 6.07) is 59.0. The van der Waals surface area contributed by atoms with Crippen LogP contribution in [0.2, 0.25) is 0 Å². The molecule has 0 saturated heterocycles. The van der Waals surface area contributed by atoms with Gasteiger partial charge < -0.3 is 0 Å². The Morgan fingerprint density at radius 1 is 0.420 bits per heavy atom. The summed E-state index contributed by atoms with van der Waals surface area (Å²) in [4.78, 5) is 0. The molecular formula is C50H62. The van der Waals surface area contributed by atoms with Crippen LogP contribution in [-0.2, 0) is 5.41 Å². The van der Waals surface area contributed by atoms with Gasteiger partial charge in [-0.25, -0.2) is 0 Å². The van der Waals surface area contributed by atoms with Gasteiger partial charge >= 0.3 is 0 Å². The van der Waals surface area contributed by atoms with Crippen LogP contribution in [0, 0.1) is 41.5 Å². The molecule has 1 aliphatic carbocycles. The molecular weight excluding hydrogens is 601 g/mol. The van der Waals surface area contributed by atoms with Gasteiger partial charge in [-0.2, -0.15) is 0 Å². The van der Waals surface area contributed by atoms with E-state index in [0.29, 0.717) is 11.3 Å². The average molecular weight is 663 g/mol. The van der Waals surface area contributed by atoms with Gasteiger partial charge in [0.25, 0.3) is 0 Å². The largest absolute Gasteiger partial charge is 0.0776 e. The van der Waals surface area contributed by atoms with E-state index in [0.717, 1.165) is 0 Å². The zero-order chi connectivity index (χ0) is 35.3. The van der Waals surface area contributed by atoms with Crippen molar-refractivity contribution in [2.45, 2.75) is 92.9 Å². The molecule has 0 amide bonds. The Bertz CT molecular complexity index is 1550. The quantitative estimate of drug-likeness (QED) is 0.173. The van der Waals surface area contributed by atoms with E-state index in [4.69, 9.17) is 0 Å². The first-order chi connectivity index (χ1) is 23.7. The molecule has 0 nitrogen and oxygen atoms in total. The Balaban J connectivity index is 0.000000246. The molecule has 1 aliphatic rings. The summed E-state index contributed by atoms with van der Waals surface area (Å²) in [6.45, 7) is 15.3. The van der Waals surface area contributed by atoms with E-state index >= 15 is 0 Å². The van der Waals surface area contributed by atoms with Gasteiger partial charge in [-0.3, -0.25) is 0 Å². The lowest BCUT2D eigenvalue weighted by atomic mass is 9.64. The normalized spacial score (nSPS) is 15.7. The molecule has 262 valence electrons. The zero-order valence-corrected chi connectivity index (χ0v) is 31.1. The van der Waals surface area contributed by atoms with Crippen molar-refractivity contribution in [1.29, 1.82) is 0 Å². The SMILES string of the molecule is C.Cc1ccccc1.Cc1ccccc1.Cc1ccccc1.Cc1ccccc1.Cc1ccccc1[C@H]1CCC[C@@](C)(c2ccccc2C)C1. The second-order valence-corrected chi connectivity index (χ2v) is 13.6. The minimum Gasteiger partial charge on any atom is -0.0776 e. The van der Waals surface area contributed by atoms with Crippen molar-refractivity contribution >= 4 is 0 Å². The monoisotopic (exact) mass is 662 g/mol. The van der Waals surface area contributed by atoms with Crippen LogP contribution in [0.25, 0.3) is 0 Å². The summed E-state index contributed by atoms with van der Waals surface area (Å²) in [5.74, 6) is 0.713. The van der Waals surface area contributed by atoms with Crippen LogP contribution in [0.3, 0.4) is 0 Å². The third-order valence-electron chi connectivity index (χ3n) is 9.16. The van der Waals surface area contributed by atoms with Gasteiger partial charge in [0, 0.05) is 0 Å². The summed E-state index contributed by atoms with van der Waals surface area (Å²) in [5, 5.41) is 0. The molecule has 0 aliphatic heterocycles. The number of aryl methyl sites for hydroxylation is 6. The van der Waals surface area contributed by atoms with Gasteiger partial charge in [0.05, 0.1) is 0 Å². The highest BCUT2D eigenvalue weighted by Gasteiger charge is 2.35. The Kier molecular flexibility index (Phi) is 19.0. The molecule has 2 atom stereocenters. The van der Waals surface area contributed by atoms with E-state index in [-0.39, 0.29) is 7.43 Å². The molecule has 0 N–H and O–H groups in total. The van der Waals surface area contributed by atoms with Crippen molar-refractivity contribution in [3.63, 3.8) is 0 Å². The predicted molar refractivity (Wildman–Crippen MR) is 222 cm³/mol. The fourth-order valence-electron chi connectivity index (χ4n) is 6.43. The lowest BCUT2D eigenvalue weighted by Crippen LogP contribution is -2.30. The van der Waals surface area contributed by atoms with Crippen molar-refractivity contribution in [3.05, 3.63) is 214 Å². The highest BCUT2D eigenvalue weighted by Crippen LogP contribution is 2.46. The maximum absolute atomic E-state index is 2.47. The fourth-order valence-corrected chi connectivity index (χ4v) is 6.43. The molecule has 0 heterocycles. The number of hydrogen-bond acceptors (Lipinski definition) is 0. The molecule has 0 heteroatoms. The summed E-state index contributed by atoms with van der Waals surface area (Å²) >= 11 is 0. The van der Waals surface area contributed by atoms with E-state index in [1.54, 1.807) is 11.1 Å². The first-order valence-corrected chi connectivity index (χ1v) is 17.9. The predicted octanol–water partition coefficient (Wildman–Crippen LogP) is 14.5. The molecule has 1 saturated carbocycles. The van der Waals surface area contributed by atoms with Crippen LogP contribution in [0.4, 0.5) is 0 Å². The number of rotatable bonds is 2. The van der Waals surface area contributed by atoms with E-state index in [1.165, 1.54) is 59.1 Å². The van der Waals surface area contributed by atoms with Crippen LogP contribution < -0.4 is 0 Å². The van der Waals surface area contributed by atoms with Gasteiger partial charge in [0.2, 0.25) is 0 Å². The topological polar surface area (TPSA) is 0 Å². The second kappa shape index (κ2) is 22.9. The molecule has 6 aromatic carbocycles. The standard InChI is InChI=1S/C21H26.4C7H8.CH4/c1-16-9-4-6-12-19(16)18-11-8-14-21(3,15-18)20-13-7-5-10-17(20)2;4*1-7-5-3-2-4-6-7;/h4-7,9-10,12-13,18H,8,11,14-15H2,1-3H3;4*2-6H,1H3;1H4/t18-,21+;;;;;/m0...../s1. The lowest BCUT2D eigenvalue weighted by molar-refractivity contribution is 0.286. The Morgan fingerprint density at radius 2 is 0.760 bits per heavy atom. The fraction of sp³-hybridized carbons (Fsp3) is 0.280. The number of hydrogen-bond donors (Lipinski definition) is 0. The Hall–Kier alpha value is -4.68. The Labute approximate surface area is 306 Å². The molecule has 1 fully saturated rings. The van der Waals surface area contributed by atoms with Crippen molar-refractivity contribution in [2.24, 2.45) is 0 Å². The molecule has 0 radical (unpaired) electrons. The second-order valence-electron chi connectivity index (χ2n) is 13.6. The molecule has 0 aromatic heterocycles. The molecule has 7 rings (SSSR count). The maximum atomic E-state index is 2.47. The molecule has 0 spiro atoms. The molecule has 6 aromatic rings. The van der Waals surface area contributed by atoms with Crippen LogP contribution in [0.1, 0.15) is 90.5 Å². The van der Waals surface area contributed by atoms with Crippen LogP contribution >= 0.6 is 0 Å². The summed E-state index contributed by atoms with van der Waals surface area (Å²) in [6.07, 6.45) is 5.28. The van der Waals surface area contributed by atoms with Gasteiger partial charge in [-0.15, -0.1) is 0 Å². The molecule has 0 bridgehead atoms. The van der Waals surface area contributed by atoms with Crippen LogP contribution in [0.5, 0.6) is 0 Å². The summed E-state index contributed by atoms with van der Waals surface area (Å²) < 4.78 is 0. The molecule has 50 heavy (non-hydrogen) atoms. The average Bonchev–Trinajstić information content (AvgIpc) is 3.11. The minimum absolute atomic E-state index is 0. The van der Waals surface area contributed by atoms with E-state index in [2.05, 4.69) is 146 Å². The summed E-state index contributed by atoms with van der Waals surface area (Å²) in [7, 11) is 0. The van der Waals surface area contributed by atoms with Gasteiger partial charge in [0.1, 0.15) is 0 Å². The van der Waals surface area contributed by atoms with Gasteiger partial charge in [-0.1, -0.05) is 213 Å². The minimum atomic E-state index is 0. The van der Waals surface area contributed by atoms with Crippen LogP contribution in [0.15, 0.2) is 170 Å². The van der Waals surface area contributed by atoms with Crippen LogP contribution in [-0.4, -0.2) is 0 Å². The summed E-state index contributed by atoms with van der Waals surface area (Å²) in [5.41, 5.74) is 11.6. The third-order valence-corrected chi connectivity index (χ3v) is 9.16. The van der Waals surface area contributed by atoms with Crippen molar-refractivity contribution < 1.29 is 0 Å². The van der Waals surface area contributed by atoms with Crippen molar-refractivity contribution in [1.82, 2.24) is 0 Å². The molecule has 0 unspecified atom stereocenters. The first-order valence-electron chi connectivity index (χ1n) is 17.9. The van der Waals surface area contributed by atoms with Gasteiger partial charge in [-0.05, 0) is 94.4 Å². The lowest BCUT2D eigenvalue weighted by Gasteiger charge is -2.40. The van der Waals surface area contributed by atoms with Gasteiger partial charge in [0.15, 0.2) is 0 Å². The van der Waals surface area contributed by atoms with Crippen molar-refractivity contribution in [2.75, 3.05) is 0 Å². The maximum Gasteiger partial charge on any atom is -0.00668 e.